The Kier molecular flexibility index (Phi) is 6.17. The Bertz CT molecular complexity index is 54.9. The molecule has 0 fully saturated rings. The molecule has 1 heteroatoms. The predicted octanol–water partition coefficient (Wildman–Crippen LogP) is 3.35. The molecule has 0 saturated heterocycles. The molecule has 0 aromatic carbocycles. The molecule has 0 spiro atoms. The summed E-state index contributed by atoms with van der Waals surface area (Å²) in [6, 6.07) is 0. The van der Waals surface area contributed by atoms with E-state index in [1.165, 1.54) is 25.7 Å². The van der Waals surface area contributed by atoms with Crippen LogP contribution in [0, 0.1) is 0 Å². The second-order valence-corrected chi connectivity index (χ2v) is 2.65. The first-order valence-electron chi connectivity index (χ1n) is 3.91. The van der Waals surface area contributed by atoms with Crippen LogP contribution in [0.3, 0.4) is 0 Å². The molecule has 0 aliphatic carbocycles. The van der Waals surface area contributed by atoms with E-state index in [2.05, 4.69) is 22.9 Å². The van der Waals surface area contributed by atoms with Crippen molar-refractivity contribution in [2.45, 2.75) is 39.0 Å². The van der Waals surface area contributed by atoms with Crippen LogP contribution in [0.15, 0.2) is 0 Å². The SMILES string of the molecule is [2H]C(Br)CCCCCC. The van der Waals surface area contributed by atoms with E-state index in [-0.39, 0.29) is 5.31 Å². The standard InChI is InChI=1S/C7H15Br/c1-2-3-4-5-6-7-8/h2-7H2,1H3/i7D. The summed E-state index contributed by atoms with van der Waals surface area (Å²) in [6.45, 7) is 2.20. The lowest BCUT2D eigenvalue weighted by atomic mass is 10.2. The highest BCUT2D eigenvalue weighted by molar-refractivity contribution is 9.09. The Hall–Kier alpha value is 0.480. The van der Waals surface area contributed by atoms with Gasteiger partial charge in [-0.3, -0.25) is 0 Å². The van der Waals surface area contributed by atoms with Crippen molar-refractivity contribution in [3.63, 3.8) is 0 Å². The fourth-order valence-electron chi connectivity index (χ4n) is 0.648. The smallest absolute Gasteiger partial charge is 0.0387 e. The first-order valence-corrected chi connectivity index (χ1v) is 4.25. The van der Waals surface area contributed by atoms with Gasteiger partial charge in [-0.15, -0.1) is 0 Å². The normalized spacial score (nSPS) is 15.5. The third-order valence-corrected chi connectivity index (χ3v) is 1.62. The van der Waals surface area contributed by atoms with E-state index in [1.807, 2.05) is 0 Å². The largest absolute Gasteiger partial charge is 0.0928 e. The Labute approximate surface area is 62.2 Å². The molecule has 0 aliphatic rings. The maximum absolute atomic E-state index is 7.13. The van der Waals surface area contributed by atoms with Crippen molar-refractivity contribution >= 4 is 15.9 Å². The highest BCUT2D eigenvalue weighted by Gasteiger charge is 1.84. The number of hydrogen-bond donors (Lipinski definition) is 0. The van der Waals surface area contributed by atoms with Crippen molar-refractivity contribution in [2.24, 2.45) is 0 Å². The monoisotopic (exact) mass is 179 g/mol. The summed E-state index contributed by atoms with van der Waals surface area (Å²) in [5, 5.41) is -0.0330. The van der Waals surface area contributed by atoms with E-state index in [1.54, 1.807) is 0 Å². The van der Waals surface area contributed by atoms with E-state index >= 15 is 0 Å². The number of alkyl halides is 1. The highest BCUT2D eigenvalue weighted by Crippen LogP contribution is 2.03. The Morgan fingerprint density at radius 2 is 1.88 bits per heavy atom. The summed E-state index contributed by atoms with van der Waals surface area (Å²) < 4.78 is 7.13. The molecule has 1 atom stereocenters. The lowest BCUT2D eigenvalue weighted by molar-refractivity contribution is 0.660. The molecule has 0 aromatic heterocycles. The molecule has 0 rings (SSSR count). The molecule has 0 N–H and O–H groups in total. The van der Waals surface area contributed by atoms with Gasteiger partial charge >= 0.3 is 0 Å². The molecule has 50 valence electrons. The van der Waals surface area contributed by atoms with Gasteiger partial charge in [0.2, 0.25) is 0 Å². The van der Waals surface area contributed by atoms with Crippen LogP contribution in [0.4, 0.5) is 0 Å². The summed E-state index contributed by atoms with van der Waals surface area (Å²) in [7, 11) is 0. The first-order chi connectivity index (χ1) is 4.27. The fourth-order valence-corrected chi connectivity index (χ4v) is 0.972. The third-order valence-electron chi connectivity index (χ3n) is 1.17. The van der Waals surface area contributed by atoms with Crippen molar-refractivity contribution in [2.75, 3.05) is 5.31 Å². The van der Waals surface area contributed by atoms with Crippen molar-refractivity contribution in [1.82, 2.24) is 0 Å². The number of unbranched alkanes of at least 4 members (excludes halogenated alkanes) is 3. The lowest BCUT2D eigenvalue weighted by Gasteiger charge is -1.93. The quantitative estimate of drug-likeness (QED) is 0.449. The van der Waals surface area contributed by atoms with Crippen molar-refractivity contribution < 1.29 is 1.37 Å². The highest BCUT2D eigenvalue weighted by atomic mass is 79.9. The maximum atomic E-state index is 7.13. The van der Waals surface area contributed by atoms with Gasteiger partial charge in [-0.25, -0.2) is 0 Å². The fraction of sp³-hybridized carbons (Fsp3) is 1.00. The van der Waals surface area contributed by atoms with Crippen molar-refractivity contribution in [3.05, 3.63) is 0 Å². The molecule has 0 radical (unpaired) electrons. The van der Waals surface area contributed by atoms with Gasteiger partial charge in [0, 0.05) is 6.68 Å². The van der Waals surface area contributed by atoms with Crippen LogP contribution in [0.2, 0.25) is 0 Å². The molecule has 0 nitrogen and oxygen atoms in total. The molecule has 0 aromatic rings. The van der Waals surface area contributed by atoms with Crippen LogP contribution in [-0.2, 0) is 0 Å². The summed E-state index contributed by atoms with van der Waals surface area (Å²) in [6.07, 6.45) is 6.09. The lowest BCUT2D eigenvalue weighted by Crippen LogP contribution is -1.76. The minimum atomic E-state index is -0.0330. The van der Waals surface area contributed by atoms with E-state index in [0.29, 0.717) is 0 Å². The molecule has 8 heavy (non-hydrogen) atoms. The summed E-state index contributed by atoms with van der Waals surface area (Å²) >= 11 is 3.19. The van der Waals surface area contributed by atoms with Gasteiger partial charge in [0.1, 0.15) is 0 Å². The van der Waals surface area contributed by atoms with Gasteiger partial charge in [0.05, 0.1) is 0 Å². The second-order valence-electron chi connectivity index (χ2n) is 2.00. The molecular formula is C7H15Br. The maximum Gasteiger partial charge on any atom is 0.0387 e. The topological polar surface area (TPSA) is 0 Å². The Balaban J connectivity index is 2.75. The number of rotatable bonds is 5. The Morgan fingerprint density at radius 1 is 1.25 bits per heavy atom. The molecule has 0 bridgehead atoms. The van der Waals surface area contributed by atoms with Gasteiger partial charge in [0.25, 0.3) is 0 Å². The zero-order valence-electron chi connectivity index (χ0n) is 6.49. The van der Waals surface area contributed by atoms with Crippen LogP contribution in [-0.4, -0.2) is 5.31 Å². The van der Waals surface area contributed by atoms with Crippen LogP contribution in [0.5, 0.6) is 0 Å². The van der Waals surface area contributed by atoms with Gasteiger partial charge in [-0.05, 0) is 6.42 Å². The molecule has 1 unspecified atom stereocenters. The zero-order chi connectivity index (χ0) is 7.11. The van der Waals surface area contributed by atoms with Crippen molar-refractivity contribution in [1.29, 1.82) is 0 Å². The second kappa shape index (κ2) is 7.48. The molecule has 0 heterocycles. The Morgan fingerprint density at radius 3 is 2.38 bits per heavy atom. The van der Waals surface area contributed by atoms with Crippen LogP contribution < -0.4 is 0 Å². The average Bonchev–Trinajstić information content (AvgIpc) is 1.80. The predicted molar refractivity (Wildman–Crippen MR) is 42.6 cm³/mol. The minimum Gasteiger partial charge on any atom is -0.0928 e. The molecule has 0 amide bonds. The summed E-state index contributed by atoms with van der Waals surface area (Å²) in [5.74, 6) is 0. The van der Waals surface area contributed by atoms with Gasteiger partial charge in [0.15, 0.2) is 0 Å². The summed E-state index contributed by atoms with van der Waals surface area (Å²) in [5.41, 5.74) is 0. The first kappa shape index (κ1) is 6.60. The van der Waals surface area contributed by atoms with Crippen molar-refractivity contribution in [3.8, 4) is 0 Å². The van der Waals surface area contributed by atoms with Crippen LogP contribution in [0.1, 0.15) is 40.4 Å². The zero-order valence-corrected chi connectivity index (χ0v) is 7.08. The number of hydrogen-bond acceptors (Lipinski definition) is 0. The van der Waals surface area contributed by atoms with E-state index in [4.69, 9.17) is 1.37 Å². The van der Waals surface area contributed by atoms with E-state index in [9.17, 15) is 0 Å². The van der Waals surface area contributed by atoms with Gasteiger partial charge < -0.3 is 0 Å². The molecule has 0 aliphatic heterocycles. The number of halogens is 1. The van der Waals surface area contributed by atoms with E-state index in [0.717, 1.165) is 6.42 Å². The van der Waals surface area contributed by atoms with E-state index < -0.39 is 0 Å². The third kappa shape index (κ3) is 6.48. The summed E-state index contributed by atoms with van der Waals surface area (Å²) in [4.78, 5) is 0. The van der Waals surface area contributed by atoms with Crippen LogP contribution >= 0.6 is 15.9 Å². The average molecular weight is 180 g/mol. The van der Waals surface area contributed by atoms with Gasteiger partial charge in [-0.2, -0.15) is 0 Å². The minimum absolute atomic E-state index is 0.0330. The van der Waals surface area contributed by atoms with Crippen LogP contribution in [0.25, 0.3) is 0 Å². The van der Waals surface area contributed by atoms with Gasteiger partial charge in [-0.1, -0.05) is 48.5 Å². The molecule has 0 saturated carbocycles. The molecular weight excluding hydrogens is 164 g/mol.